The van der Waals surface area contributed by atoms with Crippen LogP contribution in [0.5, 0.6) is 0 Å². The highest BCUT2D eigenvalue weighted by atomic mass is 16.5. The van der Waals surface area contributed by atoms with Crippen molar-refractivity contribution in [1.82, 2.24) is 15.3 Å². The van der Waals surface area contributed by atoms with Crippen LogP contribution in [-0.2, 0) is 4.74 Å². The monoisotopic (exact) mass is 303 g/mol. The van der Waals surface area contributed by atoms with E-state index in [9.17, 15) is 0 Å². The average Bonchev–Trinajstić information content (AvgIpc) is 2.99. The van der Waals surface area contributed by atoms with E-state index in [1.807, 2.05) is 0 Å². The van der Waals surface area contributed by atoms with E-state index in [1.54, 1.807) is 0 Å². The SMILES string of the molecule is Nc1nc(C2CCOCC2)cc(N2C[C@H]3CCCN[C@H]3C2)n1. The Hall–Kier alpha value is -1.40. The minimum Gasteiger partial charge on any atom is -0.381 e. The lowest BCUT2D eigenvalue weighted by Gasteiger charge is -2.24. The van der Waals surface area contributed by atoms with Crippen LogP contribution in [0.3, 0.4) is 0 Å². The molecule has 0 amide bonds. The van der Waals surface area contributed by atoms with Gasteiger partial charge in [-0.05, 0) is 38.1 Å². The van der Waals surface area contributed by atoms with Crippen molar-refractivity contribution in [2.75, 3.05) is 43.5 Å². The maximum atomic E-state index is 5.98. The molecule has 120 valence electrons. The molecule has 0 radical (unpaired) electrons. The van der Waals surface area contributed by atoms with Crippen LogP contribution in [0.2, 0.25) is 0 Å². The normalized spacial score (nSPS) is 29.5. The summed E-state index contributed by atoms with van der Waals surface area (Å²) in [5.41, 5.74) is 7.08. The van der Waals surface area contributed by atoms with Crippen LogP contribution < -0.4 is 16.0 Å². The molecular formula is C16H25N5O. The predicted molar refractivity (Wildman–Crippen MR) is 86.0 cm³/mol. The highest BCUT2D eigenvalue weighted by Crippen LogP contribution is 2.31. The van der Waals surface area contributed by atoms with Gasteiger partial charge in [0.15, 0.2) is 0 Å². The maximum absolute atomic E-state index is 5.98. The second-order valence-corrected chi connectivity index (χ2v) is 6.76. The topological polar surface area (TPSA) is 76.3 Å². The van der Waals surface area contributed by atoms with Gasteiger partial charge in [0.25, 0.3) is 0 Å². The molecule has 3 saturated heterocycles. The molecule has 0 spiro atoms. The van der Waals surface area contributed by atoms with Crippen molar-refractivity contribution >= 4 is 11.8 Å². The summed E-state index contributed by atoms with van der Waals surface area (Å²) in [5, 5.41) is 3.64. The average molecular weight is 303 g/mol. The van der Waals surface area contributed by atoms with Gasteiger partial charge >= 0.3 is 0 Å². The third-order valence-corrected chi connectivity index (χ3v) is 5.31. The lowest BCUT2D eigenvalue weighted by Crippen LogP contribution is -2.40. The fourth-order valence-electron chi connectivity index (χ4n) is 4.07. The summed E-state index contributed by atoms with van der Waals surface area (Å²) in [6, 6.07) is 2.76. The first-order chi connectivity index (χ1) is 10.8. The highest BCUT2D eigenvalue weighted by molar-refractivity contribution is 5.46. The zero-order valence-corrected chi connectivity index (χ0v) is 13.0. The van der Waals surface area contributed by atoms with Crippen LogP contribution >= 0.6 is 0 Å². The van der Waals surface area contributed by atoms with E-state index in [-0.39, 0.29) is 0 Å². The van der Waals surface area contributed by atoms with Crippen molar-refractivity contribution in [3.8, 4) is 0 Å². The Bertz CT molecular complexity index is 517. The van der Waals surface area contributed by atoms with Gasteiger partial charge in [-0.1, -0.05) is 0 Å². The standard InChI is InChI=1S/C16H25N5O/c17-16-19-13(11-3-6-22-7-4-11)8-15(20-16)21-9-12-2-1-5-18-14(12)10-21/h8,11-12,14,18H,1-7,9-10H2,(H2,17,19,20)/t12-,14+/m1/s1. The van der Waals surface area contributed by atoms with E-state index in [1.165, 1.54) is 12.8 Å². The number of rotatable bonds is 2. The van der Waals surface area contributed by atoms with E-state index in [0.29, 0.717) is 17.9 Å². The molecule has 1 aromatic rings. The molecule has 3 aliphatic heterocycles. The van der Waals surface area contributed by atoms with Crippen molar-refractivity contribution in [3.05, 3.63) is 11.8 Å². The zero-order valence-electron chi connectivity index (χ0n) is 13.0. The smallest absolute Gasteiger partial charge is 0.222 e. The number of hydrogen-bond acceptors (Lipinski definition) is 6. The van der Waals surface area contributed by atoms with Crippen LogP contribution in [0.25, 0.3) is 0 Å². The van der Waals surface area contributed by atoms with Crippen LogP contribution in [0, 0.1) is 5.92 Å². The highest BCUT2D eigenvalue weighted by Gasteiger charge is 2.35. The largest absolute Gasteiger partial charge is 0.381 e. The van der Waals surface area contributed by atoms with Gasteiger partial charge in [-0.2, -0.15) is 4.98 Å². The van der Waals surface area contributed by atoms with Gasteiger partial charge in [0.2, 0.25) is 5.95 Å². The number of nitrogens with one attached hydrogen (secondary N) is 1. The summed E-state index contributed by atoms with van der Waals surface area (Å²) in [5.74, 6) is 2.62. The van der Waals surface area contributed by atoms with Gasteiger partial charge in [-0.25, -0.2) is 4.98 Å². The number of piperidine rings is 1. The van der Waals surface area contributed by atoms with Gasteiger partial charge in [0.1, 0.15) is 5.82 Å². The van der Waals surface area contributed by atoms with Gasteiger partial charge in [0.05, 0.1) is 5.69 Å². The molecule has 4 rings (SSSR count). The Morgan fingerprint density at radius 1 is 1.18 bits per heavy atom. The third kappa shape index (κ3) is 2.77. The van der Waals surface area contributed by atoms with Gasteiger partial charge in [-0.15, -0.1) is 0 Å². The van der Waals surface area contributed by atoms with Crippen molar-refractivity contribution < 1.29 is 4.74 Å². The second-order valence-electron chi connectivity index (χ2n) is 6.76. The molecular weight excluding hydrogens is 278 g/mol. The van der Waals surface area contributed by atoms with E-state index in [0.717, 1.165) is 63.1 Å². The molecule has 3 fully saturated rings. The molecule has 3 aliphatic rings. The Labute approximate surface area is 131 Å². The number of ether oxygens (including phenoxy) is 1. The number of nitrogens with two attached hydrogens (primary N) is 1. The maximum Gasteiger partial charge on any atom is 0.222 e. The first-order valence-electron chi connectivity index (χ1n) is 8.50. The van der Waals surface area contributed by atoms with Crippen LogP contribution in [0.4, 0.5) is 11.8 Å². The summed E-state index contributed by atoms with van der Waals surface area (Å²) in [6.07, 6.45) is 4.67. The molecule has 6 heteroatoms. The van der Waals surface area contributed by atoms with Crippen molar-refractivity contribution in [2.24, 2.45) is 5.92 Å². The van der Waals surface area contributed by atoms with Crippen LogP contribution in [-0.4, -0.2) is 48.9 Å². The first kappa shape index (κ1) is 14.2. The van der Waals surface area contributed by atoms with Gasteiger partial charge in [-0.3, -0.25) is 0 Å². The van der Waals surface area contributed by atoms with Crippen LogP contribution in [0.1, 0.15) is 37.3 Å². The molecule has 0 unspecified atom stereocenters. The van der Waals surface area contributed by atoms with Crippen molar-refractivity contribution in [1.29, 1.82) is 0 Å². The number of aromatic nitrogens is 2. The number of anilines is 2. The van der Waals surface area contributed by atoms with E-state index in [2.05, 4.69) is 26.3 Å². The fourth-order valence-corrected chi connectivity index (χ4v) is 4.07. The molecule has 3 N–H and O–H groups in total. The van der Waals surface area contributed by atoms with E-state index >= 15 is 0 Å². The third-order valence-electron chi connectivity index (χ3n) is 5.31. The van der Waals surface area contributed by atoms with E-state index in [4.69, 9.17) is 10.5 Å². The minimum absolute atomic E-state index is 0.404. The zero-order chi connectivity index (χ0) is 14.9. The molecule has 6 nitrogen and oxygen atoms in total. The Morgan fingerprint density at radius 3 is 2.86 bits per heavy atom. The summed E-state index contributed by atoms with van der Waals surface area (Å²) in [4.78, 5) is 11.4. The second kappa shape index (κ2) is 6.01. The summed E-state index contributed by atoms with van der Waals surface area (Å²) < 4.78 is 5.45. The van der Waals surface area contributed by atoms with Crippen LogP contribution in [0.15, 0.2) is 6.07 Å². The van der Waals surface area contributed by atoms with E-state index < -0.39 is 0 Å². The van der Waals surface area contributed by atoms with Gasteiger partial charge in [0, 0.05) is 44.3 Å². The lowest BCUT2D eigenvalue weighted by atomic mass is 9.94. The molecule has 4 heterocycles. The lowest BCUT2D eigenvalue weighted by molar-refractivity contribution is 0.0845. The summed E-state index contributed by atoms with van der Waals surface area (Å²) in [6.45, 7) is 4.91. The Kier molecular flexibility index (Phi) is 3.88. The number of nitrogens with zero attached hydrogens (tertiary/aromatic N) is 3. The van der Waals surface area contributed by atoms with Crippen molar-refractivity contribution in [3.63, 3.8) is 0 Å². The molecule has 2 atom stereocenters. The molecule has 0 aromatic carbocycles. The summed E-state index contributed by atoms with van der Waals surface area (Å²) in [7, 11) is 0. The summed E-state index contributed by atoms with van der Waals surface area (Å²) >= 11 is 0. The van der Waals surface area contributed by atoms with Gasteiger partial charge < -0.3 is 20.7 Å². The molecule has 1 aromatic heterocycles. The molecule has 0 aliphatic carbocycles. The number of hydrogen-bond donors (Lipinski definition) is 2. The fraction of sp³-hybridized carbons (Fsp3) is 0.750. The number of nitrogen functional groups attached to an aromatic ring is 1. The Balaban J connectivity index is 1.55. The van der Waals surface area contributed by atoms with Crippen molar-refractivity contribution in [2.45, 2.75) is 37.6 Å². The number of fused-ring (bicyclic) bond motifs is 1. The molecule has 0 saturated carbocycles. The predicted octanol–water partition coefficient (Wildman–Crippen LogP) is 1.14. The Morgan fingerprint density at radius 2 is 2.05 bits per heavy atom. The first-order valence-corrected chi connectivity index (χ1v) is 8.50. The quantitative estimate of drug-likeness (QED) is 0.853. The molecule has 22 heavy (non-hydrogen) atoms. The molecule has 0 bridgehead atoms. The minimum atomic E-state index is 0.404.